The summed E-state index contributed by atoms with van der Waals surface area (Å²) in [4.78, 5) is 8.23. The van der Waals surface area contributed by atoms with Crippen LogP contribution in [-0.4, -0.2) is 25.0 Å². The van der Waals surface area contributed by atoms with Crippen molar-refractivity contribution in [2.75, 3.05) is 6.54 Å². The Bertz CT molecular complexity index is 104. The number of hydrogen-bond donors (Lipinski definition) is 0. The van der Waals surface area contributed by atoms with Gasteiger partial charge >= 0.3 is 0 Å². The Balaban J connectivity index is 2.42. The summed E-state index contributed by atoms with van der Waals surface area (Å²) in [7, 11) is 0. The molecule has 0 radical (unpaired) electrons. The average Bonchev–Trinajstić information content (AvgIpc) is 1.90. The van der Waals surface area contributed by atoms with Crippen molar-refractivity contribution >= 4 is 12.4 Å². The second kappa shape index (κ2) is 2.60. The van der Waals surface area contributed by atoms with Crippen molar-refractivity contribution < 1.29 is 0 Å². The van der Waals surface area contributed by atoms with Crippen LogP contribution in [0.4, 0.5) is 0 Å². The number of hydrogen-bond acceptors (Lipinski definition) is 2. The summed E-state index contributed by atoms with van der Waals surface area (Å²) in [6.07, 6.45) is 4.86. The van der Waals surface area contributed by atoms with E-state index < -0.39 is 0 Å². The van der Waals surface area contributed by atoms with Crippen molar-refractivity contribution in [3.63, 3.8) is 0 Å². The molecule has 1 rings (SSSR count). The Kier molecular flexibility index (Phi) is 1.78. The summed E-state index contributed by atoms with van der Waals surface area (Å²) in [6.45, 7) is 2.88. The molecule has 1 heterocycles. The van der Waals surface area contributed by atoms with Crippen molar-refractivity contribution in [2.24, 2.45) is 9.98 Å². The lowest BCUT2D eigenvalue weighted by Crippen LogP contribution is -2.09. The number of rotatable bonds is 1. The molecule has 0 saturated carbocycles. The lowest BCUT2D eigenvalue weighted by Gasteiger charge is -2.04. The summed E-state index contributed by atoms with van der Waals surface area (Å²) >= 11 is 0. The fourth-order valence-electron chi connectivity index (χ4n) is 0.662. The molecule has 1 aliphatic heterocycles. The van der Waals surface area contributed by atoms with Crippen molar-refractivity contribution in [1.29, 1.82) is 0 Å². The van der Waals surface area contributed by atoms with Gasteiger partial charge in [0.25, 0.3) is 0 Å². The van der Waals surface area contributed by atoms with Crippen LogP contribution in [0.15, 0.2) is 9.98 Å². The summed E-state index contributed by atoms with van der Waals surface area (Å²) in [5, 5.41) is 0. The summed E-state index contributed by atoms with van der Waals surface area (Å²) in [6, 6.07) is 0.365. The van der Waals surface area contributed by atoms with Crippen LogP contribution >= 0.6 is 0 Å². The molecule has 0 saturated heterocycles. The molecule has 0 aromatic carbocycles. The second-order valence-electron chi connectivity index (χ2n) is 1.82. The zero-order chi connectivity index (χ0) is 5.82. The van der Waals surface area contributed by atoms with Crippen LogP contribution in [0.1, 0.15) is 13.3 Å². The largest absolute Gasteiger partial charge is 0.290 e. The third-order valence-electron chi connectivity index (χ3n) is 1.18. The van der Waals surface area contributed by atoms with E-state index in [1.807, 2.05) is 12.4 Å². The van der Waals surface area contributed by atoms with Gasteiger partial charge in [0.15, 0.2) is 0 Å². The van der Waals surface area contributed by atoms with E-state index in [0.717, 1.165) is 13.0 Å². The minimum atomic E-state index is 0.365. The SMILES string of the molecule is CCC1C=NCC=N1. The van der Waals surface area contributed by atoms with Crippen molar-refractivity contribution in [3.05, 3.63) is 0 Å². The minimum Gasteiger partial charge on any atom is -0.290 e. The molecule has 1 aliphatic rings. The first kappa shape index (κ1) is 5.48. The molecule has 0 aromatic heterocycles. The molecule has 2 nitrogen and oxygen atoms in total. The van der Waals surface area contributed by atoms with Crippen molar-refractivity contribution in [1.82, 2.24) is 0 Å². The zero-order valence-corrected chi connectivity index (χ0v) is 5.04. The fourth-order valence-corrected chi connectivity index (χ4v) is 0.662. The van der Waals surface area contributed by atoms with Crippen LogP contribution in [0.5, 0.6) is 0 Å². The molecule has 0 N–H and O–H groups in total. The molecule has 0 bridgehead atoms. The maximum atomic E-state index is 4.17. The van der Waals surface area contributed by atoms with E-state index in [1.165, 1.54) is 0 Å². The molecule has 0 amide bonds. The smallest absolute Gasteiger partial charge is 0.0840 e. The van der Waals surface area contributed by atoms with Gasteiger partial charge in [-0.05, 0) is 6.42 Å². The molecule has 0 aromatic rings. The van der Waals surface area contributed by atoms with E-state index >= 15 is 0 Å². The van der Waals surface area contributed by atoms with Gasteiger partial charge in [0.1, 0.15) is 0 Å². The Morgan fingerprint density at radius 2 is 2.62 bits per heavy atom. The van der Waals surface area contributed by atoms with E-state index in [-0.39, 0.29) is 0 Å². The zero-order valence-electron chi connectivity index (χ0n) is 5.04. The molecule has 1 unspecified atom stereocenters. The maximum Gasteiger partial charge on any atom is 0.0840 e. The highest BCUT2D eigenvalue weighted by molar-refractivity contribution is 5.75. The quantitative estimate of drug-likeness (QED) is 0.479. The van der Waals surface area contributed by atoms with Gasteiger partial charge in [-0.2, -0.15) is 0 Å². The molecule has 0 spiro atoms. The van der Waals surface area contributed by atoms with Gasteiger partial charge in [0, 0.05) is 12.4 Å². The second-order valence-corrected chi connectivity index (χ2v) is 1.82. The topological polar surface area (TPSA) is 24.7 Å². The lowest BCUT2D eigenvalue weighted by molar-refractivity contribution is 0.825. The van der Waals surface area contributed by atoms with Gasteiger partial charge in [-0.15, -0.1) is 0 Å². The lowest BCUT2D eigenvalue weighted by atomic mass is 10.2. The third-order valence-corrected chi connectivity index (χ3v) is 1.18. The van der Waals surface area contributed by atoms with E-state index in [2.05, 4.69) is 16.9 Å². The van der Waals surface area contributed by atoms with E-state index in [0.29, 0.717) is 6.04 Å². The maximum absolute atomic E-state index is 4.17. The van der Waals surface area contributed by atoms with E-state index in [1.54, 1.807) is 0 Å². The van der Waals surface area contributed by atoms with Crippen molar-refractivity contribution in [2.45, 2.75) is 19.4 Å². The van der Waals surface area contributed by atoms with Gasteiger partial charge in [0.05, 0.1) is 12.6 Å². The molecule has 44 valence electrons. The van der Waals surface area contributed by atoms with Gasteiger partial charge < -0.3 is 0 Å². The first-order chi connectivity index (χ1) is 3.93. The van der Waals surface area contributed by atoms with Crippen LogP contribution in [0.25, 0.3) is 0 Å². The van der Waals surface area contributed by atoms with Crippen LogP contribution in [-0.2, 0) is 0 Å². The summed E-state index contributed by atoms with van der Waals surface area (Å²) in [5.74, 6) is 0. The molecule has 0 fully saturated rings. The highest BCUT2D eigenvalue weighted by Gasteiger charge is 1.98. The number of nitrogens with zero attached hydrogens (tertiary/aromatic N) is 2. The Morgan fingerprint density at radius 3 is 3.00 bits per heavy atom. The molecule has 2 heteroatoms. The van der Waals surface area contributed by atoms with Crippen LogP contribution in [0, 0.1) is 0 Å². The third kappa shape index (κ3) is 1.15. The summed E-state index contributed by atoms with van der Waals surface area (Å²) < 4.78 is 0. The average molecular weight is 110 g/mol. The molecule has 1 atom stereocenters. The van der Waals surface area contributed by atoms with Gasteiger partial charge in [-0.25, -0.2) is 0 Å². The van der Waals surface area contributed by atoms with Crippen molar-refractivity contribution in [3.8, 4) is 0 Å². The van der Waals surface area contributed by atoms with Crippen LogP contribution in [0.3, 0.4) is 0 Å². The van der Waals surface area contributed by atoms with Crippen LogP contribution in [0.2, 0.25) is 0 Å². The fraction of sp³-hybridized carbons (Fsp3) is 0.667. The van der Waals surface area contributed by atoms with Gasteiger partial charge in [-0.1, -0.05) is 6.92 Å². The first-order valence-corrected chi connectivity index (χ1v) is 2.95. The Hall–Kier alpha value is -0.660. The molecule has 8 heavy (non-hydrogen) atoms. The monoisotopic (exact) mass is 110 g/mol. The van der Waals surface area contributed by atoms with E-state index in [9.17, 15) is 0 Å². The van der Waals surface area contributed by atoms with Crippen LogP contribution < -0.4 is 0 Å². The molecular formula is C6H10N2. The minimum absolute atomic E-state index is 0.365. The van der Waals surface area contributed by atoms with E-state index in [4.69, 9.17) is 0 Å². The predicted molar refractivity (Wildman–Crippen MR) is 35.9 cm³/mol. The first-order valence-electron chi connectivity index (χ1n) is 2.95. The summed E-state index contributed by atoms with van der Waals surface area (Å²) in [5.41, 5.74) is 0. The predicted octanol–water partition coefficient (Wildman–Crippen LogP) is 0.920. The number of aliphatic imine (C=N–C) groups is 2. The standard InChI is InChI=1S/C6H10N2/c1-2-6-5-7-3-4-8-6/h4-6H,2-3H2,1H3. The molecule has 0 aliphatic carbocycles. The normalized spacial score (nSPS) is 26.4. The Morgan fingerprint density at radius 1 is 1.75 bits per heavy atom. The highest BCUT2D eigenvalue weighted by Crippen LogP contribution is 1.95. The molecular weight excluding hydrogens is 100 g/mol. The highest BCUT2D eigenvalue weighted by atomic mass is 14.9. The Labute approximate surface area is 49.3 Å². The van der Waals surface area contributed by atoms with Gasteiger partial charge in [0.2, 0.25) is 0 Å². The van der Waals surface area contributed by atoms with Gasteiger partial charge in [-0.3, -0.25) is 9.98 Å².